The first-order chi connectivity index (χ1) is 11.7. The van der Waals surface area contributed by atoms with Crippen LogP contribution in [0.5, 0.6) is 0 Å². The summed E-state index contributed by atoms with van der Waals surface area (Å²) in [6.45, 7) is 1.04. The summed E-state index contributed by atoms with van der Waals surface area (Å²) in [6, 6.07) is 9.74. The number of amides is 1. The van der Waals surface area contributed by atoms with Crippen molar-refractivity contribution in [3.05, 3.63) is 66.3 Å². The Morgan fingerprint density at radius 3 is 2.79 bits per heavy atom. The summed E-state index contributed by atoms with van der Waals surface area (Å²) in [6.07, 6.45) is 5.98. The molecule has 1 amide bonds. The lowest BCUT2D eigenvalue weighted by Gasteiger charge is -2.31. The monoisotopic (exact) mass is 322 g/mol. The third kappa shape index (κ3) is 2.58. The third-order valence-corrected chi connectivity index (χ3v) is 4.34. The van der Waals surface area contributed by atoms with Crippen LogP contribution in [0, 0.1) is 0 Å². The molecule has 7 heteroatoms. The average molecular weight is 322 g/mol. The van der Waals surface area contributed by atoms with Gasteiger partial charge in [-0.3, -0.25) is 9.36 Å². The standard InChI is InChI=1S/C17H18N6O/c1-21-10-15-19-20-16(11-22-8-7-18-12-22)23(15)14(17(21)24)9-13-5-3-2-4-6-13/h2-8,12,14H,9-11H2,1H3/t14-/m0/s1. The van der Waals surface area contributed by atoms with Gasteiger partial charge in [-0.1, -0.05) is 30.3 Å². The van der Waals surface area contributed by atoms with E-state index in [-0.39, 0.29) is 11.9 Å². The Morgan fingerprint density at radius 1 is 1.21 bits per heavy atom. The van der Waals surface area contributed by atoms with E-state index in [1.54, 1.807) is 17.4 Å². The number of aromatic nitrogens is 5. The van der Waals surface area contributed by atoms with E-state index in [0.29, 0.717) is 19.5 Å². The second-order valence-corrected chi connectivity index (χ2v) is 6.04. The van der Waals surface area contributed by atoms with Crippen molar-refractivity contribution in [1.29, 1.82) is 0 Å². The third-order valence-electron chi connectivity index (χ3n) is 4.34. The molecule has 0 fully saturated rings. The van der Waals surface area contributed by atoms with Crippen LogP contribution in [-0.4, -0.2) is 42.2 Å². The lowest BCUT2D eigenvalue weighted by atomic mass is 10.0. The zero-order valence-electron chi connectivity index (χ0n) is 13.4. The van der Waals surface area contributed by atoms with E-state index in [2.05, 4.69) is 15.2 Å². The van der Waals surface area contributed by atoms with Gasteiger partial charge in [0.1, 0.15) is 6.04 Å². The number of rotatable bonds is 4. The van der Waals surface area contributed by atoms with Gasteiger partial charge in [0.05, 0.1) is 19.4 Å². The Hall–Kier alpha value is -2.96. The van der Waals surface area contributed by atoms with Crippen molar-refractivity contribution in [3.8, 4) is 0 Å². The summed E-state index contributed by atoms with van der Waals surface area (Å²) in [7, 11) is 1.81. The highest BCUT2D eigenvalue weighted by Crippen LogP contribution is 2.26. The van der Waals surface area contributed by atoms with E-state index in [9.17, 15) is 4.79 Å². The normalized spacial score (nSPS) is 17.1. The van der Waals surface area contributed by atoms with Gasteiger partial charge in [0, 0.05) is 25.9 Å². The molecule has 2 aromatic heterocycles. The minimum Gasteiger partial charge on any atom is -0.336 e. The molecule has 1 aliphatic rings. The number of hydrogen-bond acceptors (Lipinski definition) is 4. The molecule has 0 unspecified atom stereocenters. The Labute approximate surface area is 139 Å². The van der Waals surface area contributed by atoms with Crippen LogP contribution >= 0.6 is 0 Å². The van der Waals surface area contributed by atoms with E-state index in [4.69, 9.17) is 0 Å². The smallest absolute Gasteiger partial charge is 0.246 e. The summed E-state index contributed by atoms with van der Waals surface area (Å²) < 4.78 is 3.93. The van der Waals surface area contributed by atoms with Crippen molar-refractivity contribution < 1.29 is 4.79 Å². The average Bonchev–Trinajstić information content (AvgIpc) is 3.23. The summed E-state index contributed by atoms with van der Waals surface area (Å²) in [5, 5.41) is 8.62. The number of benzene rings is 1. The van der Waals surface area contributed by atoms with Gasteiger partial charge in [-0.2, -0.15) is 0 Å². The zero-order chi connectivity index (χ0) is 16.5. The largest absolute Gasteiger partial charge is 0.336 e. The van der Waals surface area contributed by atoms with Crippen LogP contribution in [0.1, 0.15) is 23.3 Å². The topological polar surface area (TPSA) is 68.8 Å². The molecule has 1 aromatic carbocycles. The van der Waals surface area contributed by atoms with Crippen LogP contribution in [-0.2, 0) is 24.3 Å². The minimum atomic E-state index is -0.310. The molecule has 0 saturated carbocycles. The number of nitrogens with zero attached hydrogens (tertiary/aromatic N) is 6. The maximum Gasteiger partial charge on any atom is 0.246 e. The molecule has 4 rings (SSSR count). The lowest BCUT2D eigenvalue weighted by Crippen LogP contribution is -2.42. The molecule has 24 heavy (non-hydrogen) atoms. The van der Waals surface area contributed by atoms with Crippen LogP contribution in [0.3, 0.4) is 0 Å². The van der Waals surface area contributed by atoms with Crippen LogP contribution < -0.4 is 0 Å². The van der Waals surface area contributed by atoms with Crippen molar-refractivity contribution in [2.45, 2.75) is 25.6 Å². The zero-order valence-corrected chi connectivity index (χ0v) is 13.4. The molecule has 0 saturated heterocycles. The molecule has 122 valence electrons. The van der Waals surface area contributed by atoms with Gasteiger partial charge in [-0.15, -0.1) is 10.2 Å². The fraction of sp³-hybridized carbons (Fsp3) is 0.294. The molecule has 0 radical (unpaired) electrons. The van der Waals surface area contributed by atoms with Gasteiger partial charge >= 0.3 is 0 Å². The van der Waals surface area contributed by atoms with E-state index in [0.717, 1.165) is 17.2 Å². The molecule has 0 bridgehead atoms. The molecule has 1 atom stereocenters. The summed E-state index contributed by atoms with van der Waals surface area (Å²) in [5.74, 6) is 1.71. The lowest BCUT2D eigenvalue weighted by molar-refractivity contribution is -0.136. The molecule has 0 spiro atoms. The van der Waals surface area contributed by atoms with Crippen LogP contribution in [0.4, 0.5) is 0 Å². The predicted octanol–water partition coefficient (Wildman–Crippen LogP) is 1.28. The number of fused-ring (bicyclic) bond motifs is 1. The molecule has 0 N–H and O–H groups in total. The second-order valence-electron chi connectivity index (χ2n) is 6.04. The number of likely N-dealkylation sites (N-methyl/N-ethyl adjacent to an activating group) is 1. The van der Waals surface area contributed by atoms with Crippen molar-refractivity contribution in [2.75, 3.05) is 7.05 Å². The molecule has 3 heterocycles. The van der Waals surface area contributed by atoms with Crippen LogP contribution in [0.25, 0.3) is 0 Å². The first-order valence-electron chi connectivity index (χ1n) is 7.89. The Kier molecular flexibility index (Phi) is 3.60. The number of carbonyl (C=O) groups excluding carboxylic acids is 1. The Bertz CT molecular complexity index is 839. The molecular weight excluding hydrogens is 304 g/mol. The van der Waals surface area contributed by atoms with E-state index in [1.165, 1.54) is 0 Å². The van der Waals surface area contributed by atoms with Gasteiger partial charge < -0.3 is 9.47 Å². The summed E-state index contributed by atoms with van der Waals surface area (Å²) in [5.41, 5.74) is 1.12. The Morgan fingerprint density at radius 2 is 2.04 bits per heavy atom. The maximum atomic E-state index is 12.8. The van der Waals surface area contributed by atoms with Crippen molar-refractivity contribution >= 4 is 5.91 Å². The summed E-state index contributed by atoms with van der Waals surface area (Å²) in [4.78, 5) is 18.6. The first kappa shape index (κ1) is 14.6. The molecule has 3 aromatic rings. The number of hydrogen-bond donors (Lipinski definition) is 0. The van der Waals surface area contributed by atoms with E-state index < -0.39 is 0 Å². The van der Waals surface area contributed by atoms with Crippen LogP contribution in [0.15, 0.2) is 49.1 Å². The molecule has 1 aliphatic heterocycles. The number of carbonyl (C=O) groups is 1. The first-order valence-corrected chi connectivity index (χ1v) is 7.89. The van der Waals surface area contributed by atoms with Gasteiger partial charge in [0.25, 0.3) is 0 Å². The van der Waals surface area contributed by atoms with Crippen LogP contribution in [0.2, 0.25) is 0 Å². The van der Waals surface area contributed by atoms with Gasteiger partial charge in [-0.05, 0) is 5.56 Å². The van der Waals surface area contributed by atoms with E-state index >= 15 is 0 Å². The van der Waals surface area contributed by atoms with Crippen molar-refractivity contribution in [2.24, 2.45) is 0 Å². The number of imidazole rings is 1. The second kappa shape index (κ2) is 5.92. The van der Waals surface area contributed by atoms with Crippen molar-refractivity contribution in [1.82, 2.24) is 29.2 Å². The Balaban J connectivity index is 1.71. The summed E-state index contributed by atoms with van der Waals surface area (Å²) >= 11 is 0. The minimum absolute atomic E-state index is 0.0954. The highest BCUT2D eigenvalue weighted by Gasteiger charge is 2.34. The maximum absolute atomic E-state index is 12.8. The van der Waals surface area contributed by atoms with Gasteiger partial charge in [-0.25, -0.2) is 4.98 Å². The van der Waals surface area contributed by atoms with Gasteiger partial charge in [0.15, 0.2) is 11.6 Å². The SMILES string of the molecule is CN1Cc2nnc(Cn3ccnc3)n2[C@@H](Cc2ccccc2)C1=O. The molecule has 0 aliphatic carbocycles. The molecular formula is C17H18N6O. The highest BCUT2D eigenvalue weighted by atomic mass is 16.2. The highest BCUT2D eigenvalue weighted by molar-refractivity contribution is 5.81. The van der Waals surface area contributed by atoms with E-state index in [1.807, 2.05) is 52.7 Å². The molecule has 7 nitrogen and oxygen atoms in total. The fourth-order valence-corrected chi connectivity index (χ4v) is 3.15. The quantitative estimate of drug-likeness (QED) is 0.725. The predicted molar refractivity (Wildman–Crippen MR) is 87.0 cm³/mol. The fourth-order valence-electron chi connectivity index (χ4n) is 3.15. The van der Waals surface area contributed by atoms with Crippen molar-refractivity contribution in [3.63, 3.8) is 0 Å². The van der Waals surface area contributed by atoms with Gasteiger partial charge in [0.2, 0.25) is 5.91 Å².